The lowest BCUT2D eigenvalue weighted by Gasteiger charge is -2.31. The molecule has 3 N–H and O–H groups in total. The Bertz CT molecular complexity index is 542. The predicted octanol–water partition coefficient (Wildman–Crippen LogP) is 2.49. The topological polar surface area (TPSA) is 49.5 Å². The summed E-state index contributed by atoms with van der Waals surface area (Å²) in [4.78, 5) is 2.24. The van der Waals surface area contributed by atoms with Gasteiger partial charge in [-0.2, -0.15) is 0 Å². The second-order valence-corrected chi connectivity index (χ2v) is 5.35. The minimum Gasteiger partial charge on any atom is -0.395 e. The van der Waals surface area contributed by atoms with Crippen molar-refractivity contribution in [3.63, 3.8) is 0 Å². The summed E-state index contributed by atoms with van der Waals surface area (Å²) in [6, 6.07) is 18.9. The van der Waals surface area contributed by atoms with Gasteiger partial charge >= 0.3 is 0 Å². The van der Waals surface area contributed by atoms with E-state index in [0.717, 1.165) is 6.54 Å². The Kier molecular flexibility index (Phi) is 5.93. The first-order valence-electron chi connectivity index (χ1n) is 7.40. The molecule has 21 heavy (non-hydrogen) atoms. The Morgan fingerprint density at radius 3 is 2.48 bits per heavy atom. The van der Waals surface area contributed by atoms with Crippen LogP contribution in [0.4, 0.5) is 0 Å². The van der Waals surface area contributed by atoms with Gasteiger partial charge in [0.2, 0.25) is 0 Å². The van der Waals surface area contributed by atoms with Crippen LogP contribution < -0.4 is 5.73 Å². The number of rotatable bonds is 7. The van der Waals surface area contributed by atoms with Crippen molar-refractivity contribution in [2.24, 2.45) is 5.73 Å². The second kappa shape index (κ2) is 7.93. The van der Waals surface area contributed by atoms with E-state index in [1.165, 1.54) is 16.7 Å². The molecule has 0 aliphatic heterocycles. The number of aliphatic hydroxyl groups excluding tert-OH is 1. The van der Waals surface area contributed by atoms with E-state index in [-0.39, 0.29) is 12.6 Å². The highest BCUT2D eigenvalue weighted by Gasteiger charge is 2.19. The zero-order chi connectivity index (χ0) is 15.1. The number of benzene rings is 2. The van der Waals surface area contributed by atoms with E-state index in [0.29, 0.717) is 13.1 Å². The minimum absolute atomic E-state index is 0.122. The van der Waals surface area contributed by atoms with Crippen LogP contribution in [0.25, 0.3) is 0 Å². The number of aliphatic hydroxyl groups is 1. The van der Waals surface area contributed by atoms with Crippen LogP contribution in [0.1, 0.15) is 22.7 Å². The zero-order valence-electron chi connectivity index (χ0n) is 12.6. The average Bonchev–Trinajstić information content (AvgIpc) is 2.49. The van der Waals surface area contributed by atoms with Gasteiger partial charge in [-0.1, -0.05) is 60.2 Å². The molecule has 3 heteroatoms. The minimum atomic E-state index is 0.122. The Morgan fingerprint density at radius 2 is 1.86 bits per heavy atom. The molecule has 0 saturated carbocycles. The monoisotopic (exact) mass is 284 g/mol. The summed E-state index contributed by atoms with van der Waals surface area (Å²) in [7, 11) is 0. The van der Waals surface area contributed by atoms with Gasteiger partial charge in [0.25, 0.3) is 0 Å². The number of nitrogens with two attached hydrogens (primary N) is 1. The van der Waals surface area contributed by atoms with Crippen LogP contribution in [0.2, 0.25) is 0 Å². The van der Waals surface area contributed by atoms with Crippen LogP contribution in [0.3, 0.4) is 0 Å². The van der Waals surface area contributed by atoms with Crippen molar-refractivity contribution in [1.82, 2.24) is 4.90 Å². The van der Waals surface area contributed by atoms with Gasteiger partial charge in [0.15, 0.2) is 0 Å². The molecule has 0 spiro atoms. The molecule has 0 radical (unpaired) electrons. The van der Waals surface area contributed by atoms with Crippen molar-refractivity contribution in [2.45, 2.75) is 19.5 Å². The highest BCUT2D eigenvalue weighted by atomic mass is 16.3. The average molecular weight is 284 g/mol. The third-order valence-corrected chi connectivity index (χ3v) is 3.71. The van der Waals surface area contributed by atoms with Crippen LogP contribution in [-0.2, 0) is 6.54 Å². The summed E-state index contributed by atoms with van der Waals surface area (Å²) >= 11 is 0. The summed E-state index contributed by atoms with van der Waals surface area (Å²) in [5.74, 6) is 0. The molecule has 3 nitrogen and oxygen atoms in total. The van der Waals surface area contributed by atoms with Crippen LogP contribution in [-0.4, -0.2) is 29.7 Å². The highest BCUT2D eigenvalue weighted by molar-refractivity contribution is 5.26. The maximum Gasteiger partial charge on any atom is 0.0558 e. The molecule has 0 aromatic heterocycles. The molecule has 2 aromatic carbocycles. The maximum atomic E-state index is 9.38. The molecule has 0 amide bonds. The molecule has 0 bridgehead atoms. The van der Waals surface area contributed by atoms with Crippen LogP contribution in [0, 0.1) is 6.92 Å². The Morgan fingerprint density at radius 1 is 1.10 bits per heavy atom. The van der Waals surface area contributed by atoms with E-state index in [2.05, 4.69) is 48.2 Å². The molecule has 0 aliphatic rings. The van der Waals surface area contributed by atoms with Gasteiger partial charge in [-0.05, 0) is 18.1 Å². The lowest BCUT2D eigenvalue weighted by molar-refractivity contribution is 0.146. The van der Waals surface area contributed by atoms with E-state index in [1.54, 1.807) is 0 Å². The van der Waals surface area contributed by atoms with Gasteiger partial charge in [0.1, 0.15) is 0 Å². The molecule has 2 aromatic rings. The molecule has 1 atom stereocenters. The largest absolute Gasteiger partial charge is 0.395 e. The SMILES string of the molecule is Cc1cccc(C(CN)N(CCO)Cc2ccccc2)c1. The van der Waals surface area contributed by atoms with Crippen molar-refractivity contribution in [1.29, 1.82) is 0 Å². The molecule has 2 rings (SSSR count). The molecular weight excluding hydrogens is 260 g/mol. The number of aryl methyl sites for hydroxylation is 1. The standard InChI is InChI=1S/C18H24N2O/c1-15-6-5-9-17(12-15)18(13-19)20(10-11-21)14-16-7-3-2-4-8-16/h2-9,12,18,21H,10-11,13-14,19H2,1H3. The van der Waals surface area contributed by atoms with E-state index in [9.17, 15) is 5.11 Å². The van der Waals surface area contributed by atoms with E-state index < -0.39 is 0 Å². The zero-order valence-corrected chi connectivity index (χ0v) is 12.6. The molecular formula is C18H24N2O. The first kappa shape index (κ1) is 15.7. The van der Waals surface area contributed by atoms with E-state index in [1.807, 2.05) is 18.2 Å². The first-order valence-corrected chi connectivity index (χ1v) is 7.40. The third-order valence-electron chi connectivity index (χ3n) is 3.71. The Labute approximate surface area is 127 Å². The second-order valence-electron chi connectivity index (χ2n) is 5.35. The van der Waals surface area contributed by atoms with Crippen LogP contribution >= 0.6 is 0 Å². The molecule has 0 heterocycles. The van der Waals surface area contributed by atoms with Gasteiger partial charge in [-0.3, -0.25) is 4.90 Å². The van der Waals surface area contributed by atoms with E-state index >= 15 is 0 Å². The fourth-order valence-electron chi connectivity index (χ4n) is 2.66. The number of hydrogen-bond donors (Lipinski definition) is 2. The predicted molar refractivity (Wildman–Crippen MR) is 86.9 cm³/mol. The molecule has 0 fully saturated rings. The number of hydrogen-bond acceptors (Lipinski definition) is 3. The van der Waals surface area contributed by atoms with Crippen LogP contribution in [0.5, 0.6) is 0 Å². The lowest BCUT2D eigenvalue weighted by atomic mass is 10.0. The Balaban J connectivity index is 2.22. The molecule has 1 unspecified atom stereocenters. The highest BCUT2D eigenvalue weighted by Crippen LogP contribution is 2.22. The third kappa shape index (κ3) is 4.39. The smallest absolute Gasteiger partial charge is 0.0558 e. The number of nitrogens with zero attached hydrogens (tertiary/aromatic N) is 1. The van der Waals surface area contributed by atoms with Gasteiger partial charge in [0, 0.05) is 25.7 Å². The maximum absolute atomic E-state index is 9.38. The van der Waals surface area contributed by atoms with Crippen LogP contribution in [0.15, 0.2) is 54.6 Å². The fraction of sp³-hybridized carbons (Fsp3) is 0.333. The summed E-state index contributed by atoms with van der Waals surface area (Å²) < 4.78 is 0. The van der Waals surface area contributed by atoms with Crippen molar-refractivity contribution in [2.75, 3.05) is 19.7 Å². The molecule has 0 aliphatic carbocycles. The first-order chi connectivity index (χ1) is 10.2. The Hall–Kier alpha value is -1.68. The summed E-state index contributed by atoms with van der Waals surface area (Å²) in [6.07, 6.45) is 0. The van der Waals surface area contributed by atoms with Crippen molar-refractivity contribution < 1.29 is 5.11 Å². The normalized spacial score (nSPS) is 12.6. The van der Waals surface area contributed by atoms with Gasteiger partial charge in [-0.25, -0.2) is 0 Å². The van der Waals surface area contributed by atoms with Crippen molar-refractivity contribution >= 4 is 0 Å². The summed E-state index contributed by atoms with van der Waals surface area (Å²) in [5, 5.41) is 9.38. The van der Waals surface area contributed by atoms with E-state index in [4.69, 9.17) is 5.73 Å². The summed E-state index contributed by atoms with van der Waals surface area (Å²) in [6.45, 7) is 4.16. The van der Waals surface area contributed by atoms with Crippen molar-refractivity contribution in [3.05, 3.63) is 71.3 Å². The van der Waals surface area contributed by atoms with Gasteiger partial charge in [-0.15, -0.1) is 0 Å². The fourth-order valence-corrected chi connectivity index (χ4v) is 2.66. The molecule has 112 valence electrons. The van der Waals surface area contributed by atoms with Gasteiger partial charge < -0.3 is 10.8 Å². The summed E-state index contributed by atoms with van der Waals surface area (Å²) in [5.41, 5.74) is 9.69. The lowest BCUT2D eigenvalue weighted by Crippen LogP contribution is -2.35. The molecule has 0 saturated heterocycles. The van der Waals surface area contributed by atoms with Gasteiger partial charge in [0.05, 0.1) is 6.61 Å². The van der Waals surface area contributed by atoms with Crippen molar-refractivity contribution in [3.8, 4) is 0 Å². The quantitative estimate of drug-likeness (QED) is 0.821.